The van der Waals surface area contributed by atoms with Crippen molar-refractivity contribution in [1.29, 1.82) is 0 Å². The molecule has 4 rings (SSSR count). The molecule has 1 fully saturated rings. The molecule has 2 amide bonds. The zero-order chi connectivity index (χ0) is 26.9. The number of morpholine rings is 1. The van der Waals surface area contributed by atoms with Crippen LogP contribution in [0.3, 0.4) is 0 Å². The summed E-state index contributed by atoms with van der Waals surface area (Å²) in [7, 11) is 1.60. The van der Waals surface area contributed by atoms with Crippen molar-refractivity contribution in [3.63, 3.8) is 0 Å². The van der Waals surface area contributed by atoms with Gasteiger partial charge in [0, 0.05) is 36.6 Å². The van der Waals surface area contributed by atoms with E-state index in [2.05, 4.69) is 15.3 Å². The largest absolute Gasteiger partial charge is 0.493 e. The Morgan fingerprint density at radius 2 is 1.89 bits per heavy atom. The van der Waals surface area contributed by atoms with Gasteiger partial charge in [-0.2, -0.15) is 5.10 Å². The summed E-state index contributed by atoms with van der Waals surface area (Å²) in [4.78, 5) is 26.9. The quantitative estimate of drug-likeness (QED) is 0.470. The number of ether oxygens (including phenoxy) is 4. The van der Waals surface area contributed by atoms with Crippen LogP contribution in [-0.4, -0.2) is 85.4 Å². The van der Waals surface area contributed by atoms with Gasteiger partial charge in [-0.3, -0.25) is 15.0 Å². The van der Waals surface area contributed by atoms with Crippen LogP contribution in [0.5, 0.6) is 11.5 Å². The fourth-order valence-corrected chi connectivity index (χ4v) is 4.71. The molecule has 0 bridgehead atoms. The van der Waals surface area contributed by atoms with Crippen LogP contribution in [0.15, 0.2) is 47.6 Å². The van der Waals surface area contributed by atoms with E-state index in [1.807, 2.05) is 44.2 Å². The van der Waals surface area contributed by atoms with Crippen LogP contribution >= 0.6 is 11.8 Å². The first kappa shape index (κ1) is 27.7. The third kappa shape index (κ3) is 7.86. The van der Waals surface area contributed by atoms with Crippen LogP contribution in [0.1, 0.15) is 25.0 Å². The molecule has 0 aromatic heterocycles. The Hall–Kier alpha value is -3.28. The predicted molar refractivity (Wildman–Crippen MR) is 147 cm³/mol. The lowest BCUT2D eigenvalue weighted by molar-refractivity contribution is 0.0290. The summed E-state index contributed by atoms with van der Waals surface area (Å²) in [5.41, 5.74) is 3.15. The molecule has 11 heteroatoms. The number of carbonyl (C=O) groups excluding carboxylic acids is 2. The predicted octanol–water partition coefficient (Wildman–Crippen LogP) is 4.44. The maximum Gasteiger partial charge on any atom is 0.411 e. The van der Waals surface area contributed by atoms with E-state index >= 15 is 0 Å². The molecule has 2 aromatic rings. The highest BCUT2D eigenvalue weighted by Gasteiger charge is 2.23. The minimum Gasteiger partial charge on any atom is -0.493 e. The highest BCUT2D eigenvalue weighted by Crippen LogP contribution is 2.31. The fraction of sp³-hybridized carbons (Fsp3) is 0.444. The number of nitrogens with one attached hydrogen (secondary N) is 1. The Kier molecular flexibility index (Phi) is 9.85. The Morgan fingerprint density at radius 3 is 2.61 bits per heavy atom. The third-order valence-electron chi connectivity index (χ3n) is 5.92. The van der Waals surface area contributed by atoms with Gasteiger partial charge in [0.2, 0.25) is 0 Å². The van der Waals surface area contributed by atoms with Gasteiger partial charge in [-0.05, 0) is 49.7 Å². The van der Waals surface area contributed by atoms with E-state index in [1.54, 1.807) is 19.2 Å². The van der Waals surface area contributed by atoms with Gasteiger partial charge in [-0.15, -0.1) is 0 Å². The Morgan fingerprint density at radius 1 is 1.13 bits per heavy atom. The van der Waals surface area contributed by atoms with Crippen molar-refractivity contribution in [1.82, 2.24) is 9.91 Å². The molecule has 0 saturated carbocycles. The molecule has 2 aliphatic rings. The van der Waals surface area contributed by atoms with Crippen LogP contribution < -0.4 is 14.8 Å². The zero-order valence-electron chi connectivity index (χ0n) is 22.0. The van der Waals surface area contributed by atoms with Gasteiger partial charge in [0.05, 0.1) is 38.7 Å². The number of anilines is 1. The maximum atomic E-state index is 12.6. The normalized spacial score (nSPS) is 16.3. The number of hydrogen-bond acceptors (Lipinski definition) is 9. The second-order valence-corrected chi connectivity index (χ2v) is 10.0. The molecule has 0 spiro atoms. The van der Waals surface area contributed by atoms with E-state index in [-0.39, 0.29) is 11.3 Å². The smallest absolute Gasteiger partial charge is 0.411 e. The Labute approximate surface area is 227 Å². The number of rotatable bonds is 10. The molecule has 2 aromatic carbocycles. The Balaban J connectivity index is 1.33. The fourth-order valence-electron chi connectivity index (χ4n) is 3.98. The molecular weight excluding hydrogens is 508 g/mol. The molecule has 1 N–H and O–H groups in total. The number of methoxy groups -OCH3 is 1. The average Bonchev–Trinajstić information content (AvgIpc) is 2.91. The number of carbonyl (C=O) groups is 2. The van der Waals surface area contributed by atoms with Gasteiger partial charge in [-0.25, -0.2) is 9.80 Å². The summed E-state index contributed by atoms with van der Waals surface area (Å²) in [6, 6.07) is 12.9. The van der Waals surface area contributed by atoms with Crippen molar-refractivity contribution in [3.8, 4) is 11.5 Å². The van der Waals surface area contributed by atoms with Crippen molar-refractivity contribution in [2.75, 3.05) is 57.6 Å². The molecule has 204 valence electrons. The summed E-state index contributed by atoms with van der Waals surface area (Å²) in [5, 5.41) is 8.70. The van der Waals surface area contributed by atoms with E-state index < -0.39 is 6.09 Å². The summed E-state index contributed by atoms with van der Waals surface area (Å²) >= 11 is 1.21. The SMILES string of the molecule is COc1ccc(C2=NN(Cc3ccc(NC(=O)OCCN4CCOCC4)cc3)C(=O)SC2)cc1OC(C)C. The standard InChI is InChI=1S/C27H34N4O6S/c1-19(2)37-25-16-21(6-9-24(25)34-3)23-18-38-27(33)31(29-23)17-20-4-7-22(8-5-20)28-26(32)36-15-12-30-10-13-35-14-11-30/h4-9,16,19H,10-15,17-18H2,1-3H3,(H,28,32). The van der Waals surface area contributed by atoms with Gasteiger partial charge in [0.15, 0.2) is 11.5 Å². The monoisotopic (exact) mass is 542 g/mol. The van der Waals surface area contributed by atoms with Crippen molar-refractivity contribution in [2.24, 2.45) is 5.10 Å². The average molecular weight is 543 g/mol. The number of amides is 2. The molecule has 1 saturated heterocycles. The number of hydrazone groups is 1. The minimum absolute atomic E-state index is 0.00527. The van der Waals surface area contributed by atoms with Gasteiger partial charge in [0.25, 0.3) is 0 Å². The molecule has 10 nitrogen and oxygen atoms in total. The molecular formula is C27H34N4O6S. The summed E-state index contributed by atoms with van der Waals surface area (Å²) in [5.74, 6) is 1.76. The lowest BCUT2D eigenvalue weighted by Gasteiger charge is -2.26. The number of thioether (sulfide) groups is 1. The van der Waals surface area contributed by atoms with Crippen LogP contribution in [0.25, 0.3) is 0 Å². The van der Waals surface area contributed by atoms with E-state index in [4.69, 9.17) is 18.9 Å². The van der Waals surface area contributed by atoms with Gasteiger partial charge < -0.3 is 18.9 Å². The number of nitrogens with zero attached hydrogens (tertiary/aromatic N) is 3. The molecule has 0 unspecified atom stereocenters. The molecule has 2 aliphatic heterocycles. The first-order valence-corrected chi connectivity index (χ1v) is 13.6. The highest BCUT2D eigenvalue weighted by atomic mass is 32.2. The van der Waals surface area contributed by atoms with Crippen LogP contribution in [-0.2, 0) is 16.0 Å². The maximum absolute atomic E-state index is 12.6. The summed E-state index contributed by atoms with van der Waals surface area (Å²) < 4.78 is 21.9. The lowest BCUT2D eigenvalue weighted by Crippen LogP contribution is -2.38. The van der Waals surface area contributed by atoms with Crippen molar-refractivity contribution >= 4 is 34.5 Å². The van der Waals surface area contributed by atoms with E-state index in [1.165, 1.54) is 16.8 Å². The third-order valence-corrected chi connectivity index (χ3v) is 6.80. The highest BCUT2D eigenvalue weighted by molar-refractivity contribution is 8.14. The van der Waals surface area contributed by atoms with Crippen molar-refractivity contribution in [2.45, 2.75) is 26.5 Å². The first-order valence-electron chi connectivity index (χ1n) is 12.6. The van der Waals surface area contributed by atoms with Gasteiger partial charge in [-0.1, -0.05) is 23.9 Å². The van der Waals surface area contributed by atoms with E-state index in [0.29, 0.717) is 55.8 Å². The molecule has 38 heavy (non-hydrogen) atoms. The Bertz CT molecular complexity index is 1130. The zero-order valence-corrected chi connectivity index (χ0v) is 22.8. The first-order chi connectivity index (χ1) is 18.4. The summed E-state index contributed by atoms with van der Waals surface area (Å²) in [6.45, 7) is 8.35. The number of benzene rings is 2. The number of hydrogen-bond donors (Lipinski definition) is 1. The second kappa shape index (κ2) is 13.5. The van der Waals surface area contributed by atoms with Crippen LogP contribution in [0.4, 0.5) is 15.3 Å². The van der Waals surface area contributed by atoms with E-state index in [0.717, 1.165) is 29.9 Å². The summed E-state index contributed by atoms with van der Waals surface area (Å²) in [6.07, 6.45) is -0.502. The second-order valence-electron chi connectivity index (χ2n) is 9.10. The van der Waals surface area contributed by atoms with Crippen molar-refractivity contribution < 1.29 is 28.5 Å². The molecule has 0 atom stereocenters. The minimum atomic E-state index is -0.497. The van der Waals surface area contributed by atoms with Crippen molar-refractivity contribution in [3.05, 3.63) is 53.6 Å². The molecule has 0 radical (unpaired) electrons. The van der Waals surface area contributed by atoms with Crippen LogP contribution in [0, 0.1) is 0 Å². The topological polar surface area (TPSA) is 102 Å². The van der Waals surface area contributed by atoms with Gasteiger partial charge in [0.1, 0.15) is 6.61 Å². The van der Waals surface area contributed by atoms with Crippen LogP contribution in [0.2, 0.25) is 0 Å². The van der Waals surface area contributed by atoms with Gasteiger partial charge >= 0.3 is 11.3 Å². The molecule has 2 heterocycles. The molecule has 0 aliphatic carbocycles. The van der Waals surface area contributed by atoms with E-state index in [9.17, 15) is 9.59 Å². The lowest BCUT2D eigenvalue weighted by atomic mass is 10.1.